The minimum Gasteiger partial charge on any atom is -0.396 e. The van der Waals surface area contributed by atoms with E-state index in [-0.39, 0.29) is 19.1 Å². The third-order valence-electron chi connectivity index (χ3n) is 7.13. The number of aliphatic hydroxyl groups excluding tert-OH is 4. The van der Waals surface area contributed by atoms with Gasteiger partial charge in [0.25, 0.3) is 0 Å². The fourth-order valence-corrected chi connectivity index (χ4v) is 5.14. The van der Waals surface area contributed by atoms with Gasteiger partial charge in [0.1, 0.15) is 0 Å². The molecule has 3 rings (SSSR count). The fraction of sp³-hybridized carbons (Fsp3) is 0.538. The third kappa shape index (κ3) is 5.15. The molecule has 1 aliphatic rings. The summed E-state index contributed by atoms with van der Waals surface area (Å²) in [6.45, 7) is 5.39. The standard InChI is InChI=1S/C26H35ClO4/c1-15(13-28)25(30)26(31)24(14-29)17(3)23-12-19(11-18-7-9-20(27)10-8-18)22-6-4-5-21(22)16(23)2/h7-10,12,15,17,24-26,28-31H,4-6,11,13-14H2,1-3H3. The van der Waals surface area contributed by atoms with E-state index in [1.54, 1.807) is 6.92 Å². The van der Waals surface area contributed by atoms with Crippen LogP contribution in [0, 0.1) is 18.8 Å². The highest BCUT2D eigenvalue weighted by atomic mass is 35.5. The molecule has 0 amide bonds. The molecule has 0 saturated carbocycles. The van der Waals surface area contributed by atoms with Gasteiger partial charge in [-0.05, 0) is 84.0 Å². The number of aliphatic hydroxyl groups is 4. The fourth-order valence-electron chi connectivity index (χ4n) is 5.01. The zero-order chi connectivity index (χ0) is 22.7. The van der Waals surface area contributed by atoms with Crippen LogP contribution >= 0.6 is 11.6 Å². The van der Waals surface area contributed by atoms with Gasteiger partial charge in [-0.1, -0.05) is 43.6 Å². The van der Waals surface area contributed by atoms with E-state index in [1.807, 2.05) is 19.1 Å². The first-order valence-corrected chi connectivity index (χ1v) is 11.6. The maximum Gasteiger partial charge on any atom is 0.0858 e. The molecule has 0 heterocycles. The van der Waals surface area contributed by atoms with Crippen LogP contribution < -0.4 is 0 Å². The molecule has 0 spiro atoms. The van der Waals surface area contributed by atoms with Crippen molar-refractivity contribution in [2.75, 3.05) is 13.2 Å². The highest BCUT2D eigenvalue weighted by Gasteiger charge is 2.35. The zero-order valence-corrected chi connectivity index (χ0v) is 19.4. The van der Waals surface area contributed by atoms with Gasteiger partial charge in [0.2, 0.25) is 0 Å². The van der Waals surface area contributed by atoms with Gasteiger partial charge in [-0.3, -0.25) is 0 Å². The van der Waals surface area contributed by atoms with E-state index in [4.69, 9.17) is 11.6 Å². The van der Waals surface area contributed by atoms with Crippen molar-refractivity contribution in [3.05, 3.63) is 68.7 Å². The first-order valence-electron chi connectivity index (χ1n) is 11.2. The van der Waals surface area contributed by atoms with Gasteiger partial charge < -0.3 is 20.4 Å². The van der Waals surface area contributed by atoms with Crippen LogP contribution in [0.4, 0.5) is 0 Å². The van der Waals surface area contributed by atoms with Crippen molar-refractivity contribution in [1.82, 2.24) is 0 Å². The summed E-state index contributed by atoms with van der Waals surface area (Å²) < 4.78 is 0. The quantitative estimate of drug-likeness (QED) is 0.472. The lowest BCUT2D eigenvalue weighted by molar-refractivity contribution is -0.0698. The summed E-state index contributed by atoms with van der Waals surface area (Å²) in [5, 5.41) is 41.4. The lowest BCUT2D eigenvalue weighted by Crippen LogP contribution is -2.42. The zero-order valence-electron chi connectivity index (χ0n) is 18.7. The van der Waals surface area contributed by atoms with Crippen LogP contribution in [0.25, 0.3) is 0 Å². The number of fused-ring (bicyclic) bond motifs is 1. The van der Waals surface area contributed by atoms with Crippen LogP contribution in [0.1, 0.15) is 59.6 Å². The Hall–Kier alpha value is -1.43. The Morgan fingerprint density at radius 3 is 2.19 bits per heavy atom. The number of hydrogen-bond acceptors (Lipinski definition) is 4. The Kier molecular flexibility index (Phi) is 8.17. The molecule has 5 unspecified atom stereocenters. The monoisotopic (exact) mass is 446 g/mol. The number of rotatable bonds is 9. The first-order chi connectivity index (χ1) is 14.8. The van der Waals surface area contributed by atoms with Gasteiger partial charge >= 0.3 is 0 Å². The lowest BCUT2D eigenvalue weighted by Gasteiger charge is -2.33. The van der Waals surface area contributed by atoms with Crippen LogP contribution in [0.2, 0.25) is 5.02 Å². The summed E-state index contributed by atoms with van der Waals surface area (Å²) in [4.78, 5) is 0. The second-order valence-corrected chi connectivity index (χ2v) is 9.58. The summed E-state index contributed by atoms with van der Waals surface area (Å²) in [6, 6.07) is 10.2. The molecule has 4 nitrogen and oxygen atoms in total. The molecule has 0 bridgehead atoms. The Balaban J connectivity index is 1.96. The molecule has 0 aromatic heterocycles. The van der Waals surface area contributed by atoms with Crippen molar-refractivity contribution in [2.45, 2.75) is 64.6 Å². The van der Waals surface area contributed by atoms with Crippen molar-refractivity contribution < 1.29 is 20.4 Å². The van der Waals surface area contributed by atoms with Crippen LogP contribution in [-0.4, -0.2) is 45.8 Å². The first kappa shape index (κ1) is 24.2. The Morgan fingerprint density at radius 1 is 0.935 bits per heavy atom. The molecule has 2 aromatic carbocycles. The maximum absolute atomic E-state index is 10.8. The Morgan fingerprint density at radius 2 is 1.58 bits per heavy atom. The molecule has 31 heavy (non-hydrogen) atoms. The summed E-state index contributed by atoms with van der Waals surface area (Å²) in [5.41, 5.74) is 7.66. The summed E-state index contributed by atoms with van der Waals surface area (Å²) in [5.74, 6) is -1.13. The predicted octanol–water partition coefficient (Wildman–Crippen LogP) is 3.79. The van der Waals surface area contributed by atoms with Crippen LogP contribution in [-0.2, 0) is 19.3 Å². The summed E-state index contributed by atoms with van der Waals surface area (Å²) in [7, 11) is 0. The van der Waals surface area contributed by atoms with E-state index in [2.05, 4.69) is 25.1 Å². The van der Waals surface area contributed by atoms with E-state index < -0.39 is 24.0 Å². The van der Waals surface area contributed by atoms with E-state index in [0.29, 0.717) is 0 Å². The SMILES string of the molecule is Cc1c(C(C)C(CO)C(O)C(O)C(C)CO)cc(Cc2ccc(Cl)cc2)c2c1CCC2. The average Bonchev–Trinajstić information content (AvgIpc) is 3.27. The van der Waals surface area contributed by atoms with Gasteiger partial charge in [-0.2, -0.15) is 0 Å². The molecule has 5 atom stereocenters. The average molecular weight is 447 g/mol. The molecule has 170 valence electrons. The van der Waals surface area contributed by atoms with Crippen molar-refractivity contribution in [2.24, 2.45) is 11.8 Å². The molecule has 5 heteroatoms. The normalized spacial score (nSPS) is 18.3. The van der Waals surface area contributed by atoms with Crippen molar-refractivity contribution in [1.29, 1.82) is 0 Å². The van der Waals surface area contributed by atoms with Crippen LogP contribution in [0.15, 0.2) is 30.3 Å². The van der Waals surface area contributed by atoms with Gasteiger partial charge in [0.15, 0.2) is 0 Å². The molecule has 0 aliphatic heterocycles. The molecule has 0 fully saturated rings. The smallest absolute Gasteiger partial charge is 0.0858 e. The largest absolute Gasteiger partial charge is 0.396 e. The Bertz CT molecular complexity index is 880. The molecule has 4 N–H and O–H groups in total. The van der Waals surface area contributed by atoms with E-state index in [0.717, 1.165) is 36.3 Å². The van der Waals surface area contributed by atoms with E-state index in [9.17, 15) is 20.4 Å². The van der Waals surface area contributed by atoms with E-state index in [1.165, 1.54) is 27.8 Å². The minimum absolute atomic E-state index is 0.143. The number of halogens is 1. The molecular formula is C26H35ClO4. The minimum atomic E-state index is -1.12. The number of hydrogen-bond donors (Lipinski definition) is 4. The second-order valence-electron chi connectivity index (χ2n) is 9.14. The van der Waals surface area contributed by atoms with E-state index >= 15 is 0 Å². The maximum atomic E-state index is 10.8. The molecular weight excluding hydrogens is 412 g/mol. The van der Waals surface area contributed by atoms with Crippen LogP contribution in [0.5, 0.6) is 0 Å². The number of benzene rings is 2. The topological polar surface area (TPSA) is 80.9 Å². The molecule has 0 radical (unpaired) electrons. The van der Waals surface area contributed by atoms with Crippen molar-refractivity contribution in [3.8, 4) is 0 Å². The Labute approximate surface area is 190 Å². The van der Waals surface area contributed by atoms with Gasteiger partial charge in [-0.25, -0.2) is 0 Å². The molecule has 1 aliphatic carbocycles. The highest BCUT2D eigenvalue weighted by Crippen LogP contribution is 2.38. The van der Waals surface area contributed by atoms with Crippen molar-refractivity contribution >= 4 is 11.6 Å². The van der Waals surface area contributed by atoms with Gasteiger partial charge in [-0.15, -0.1) is 0 Å². The lowest BCUT2D eigenvalue weighted by atomic mass is 9.77. The van der Waals surface area contributed by atoms with Crippen LogP contribution in [0.3, 0.4) is 0 Å². The van der Waals surface area contributed by atoms with Crippen molar-refractivity contribution in [3.63, 3.8) is 0 Å². The second kappa shape index (κ2) is 10.5. The van der Waals surface area contributed by atoms with Gasteiger partial charge in [0, 0.05) is 30.1 Å². The molecule has 0 saturated heterocycles. The summed E-state index contributed by atoms with van der Waals surface area (Å²) in [6.07, 6.45) is 1.87. The van der Waals surface area contributed by atoms with Gasteiger partial charge in [0.05, 0.1) is 12.2 Å². The molecule has 2 aromatic rings. The third-order valence-corrected chi connectivity index (χ3v) is 7.38. The highest BCUT2D eigenvalue weighted by molar-refractivity contribution is 6.30. The predicted molar refractivity (Wildman–Crippen MR) is 125 cm³/mol. The summed E-state index contributed by atoms with van der Waals surface area (Å²) >= 11 is 6.05.